The Labute approximate surface area is 82.5 Å². The molecule has 2 nitrogen and oxygen atoms in total. The molecule has 0 spiro atoms. The molecule has 1 heterocycles. The molecule has 0 radical (unpaired) electrons. The first-order valence-electron chi connectivity index (χ1n) is 3.91. The molecule has 0 aliphatic rings. The highest BCUT2D eigenvalue weighted by molar-refractivity contribution is 6.31. The van der Waals surface area contributed by atoms with Crippen molar-refractivity contribution < 1.29 is 0 Å². The van der Waals surface area contributed by atoms with Crippen molar-refractivity contribution in [2.75, 3.05) is 0 Å². The third kappa shape index (κ3) is 2.39. The number of alkyl halides is 1. The van der Waals surface area contributed by atoms with E-state index in [1.54, 1.807) is 10.9 Å². The lowest BCUT2D eigenvalue weighted by molar-refractivity contribution is 0.679. The molecular weight excluding hydrogens is 195 g/mol. The first-order chi connectivity index (χ1) is 5.61. The zero-order valence-corrected chi connectivity index (χ0v) is 8.73. The number of rotatable bonds is 3. The van der Waals surface area contributed by atoms with Gasteiger partial charge in [-0.2, -0.15) is 5.10 Å². The highest BCUT2D eigenvalue weighted by atomic mass is 35.5. The number of aryl methyl sites for hydroxylation is 1. The summed E-state index contributed by atoms with van der Waals surface area (Å²) < 4.78 is 1.79. The summed E-state index contributed by atoms with van der Waals surface area (Å²) in [5.41, 5.74) is 1.06. The van der Waals surface area contributed by atoms with Gasteiger partial charge in [-0.15, -0.1) is 11.6 Å². The van der Waals surface area contributed by atoms with Gasteiger partial charge in [0.15, 0.2) is 0 Å². The summed E-state index contributed by atoms with van der Waals surface area (Å²) >= 11 is 11.7. The van der Waals surface area contributed by atoms with Gasteiger partial charge in [-0.05, 0) is 19.8 Å². The van der Waals surface area contributed by atoms with Crippen LogP contribution >= 0.6 is 23.2 Å². The number of aromatic nitrogens is 2. The van der Waals surface area contributed by atoms with Crippen molar-refractivity contribution in [1.29, 1.82) is 0 Å². The normalized spacial score (nSPS) is 13.3. The van der Waals surface area contributed by atoms with Gasteiger partial charge in [0, 0.05) is 12.4 Å². The van der Waals surface area contributed by atoms with Gasteiger partial charge < -0.3 is 0 Å². The van der Waals surface area contributed by atoms with Crippen molar-refractivity contribution in [1.82, 2.24) is 9.78 Å². The molecular formula is C8H12Cl2N2. The molecule has 4 heteroatoms. The average Bonchev–Trinajstić information content (AvgIpc) is 2.28. The lowest BCUT2D eigenvalue weighted by Gasteiger charge is -2.03. The minimum Gasteiger partial charge on any atom is -0.271 e. The molecule has 1 atom stereocenters. The van der Waals surface area contributed by atoms with Crippen molar-refractivity contribution in [3.8, 4) is 0 Å². The summed E-state index contributed by atoms with van der Waals surface area (Å²) in [5.74, 6) is 0. The maximum absolute atomic E-state index is 5.90. The summed E-state index contributed by atoms with van der Waals surface area (Å²) in [4.78, 5) is 0. The van der Waals surface area contributed by atoms with Crippen LogP contribution < -0.4 is 0 Å². The van der Waals surface area contributed by atoms with E-state index in [4.69, 9.17) is 23.2 Å². The van der Waals surface area contributed by atoms with Crippen LogP contribution in [0.1, 0.15) is 19.0 Å². The molecule has 0 N–H and O–H groups in total. The molecule has 68 valence electrons. The molecule has 0 bridgehead atoms. The maximum Gasteiger partial charge on any atom is 0.0817 e. The van der Waals surface area contributed by atoms with Crippen LogP contribution in [0.25, 0.3) is 0 Å². The molecule has 0 aliphatic carbocycles. The van der Waals surface area contributed by atoms with Crippen molar-refractivity contribution in [2.24, 2.45) is 7.05 Å². The zero-order chi connectivity index (χ0) is 9.14. The fraction of sp³-hybridized carbons (Fsp3) is 0.625. The topological polar surface area (TPSA) is 17.8 Å². The van der Waals surface area contributed by atoms with Crippen LogP contribution in [0, 0.1) is 0 Å². The lowest BCUT2D eigenvalue weighted by atomic mass is 10.2. The Morgan fingerprint density at radius 2 is 2.33 bits per heavy atom. The molecule has 1 rings (SSSR count). The standard InChI is InChI=1S/C8H12Cl2N2/c1-6(9)3-4-8-7(10)5-11-12(8)2/h5-6H,3-4H2,1-2H3. The Kier molecular flexibility index (Phi) is 3.41. The van der Waals surface area contributed by atoms with Gasteiger partial charge in [0.2, 0.25) is 0 Å². The fourth-order valence-corrected chi connectivity index (χ4v) is 1.42. The fourth-order valence-electron chi connectivity index (χ4n) is 1.05. The SMILES string of the molecule is CC(Cl)CCc1c(Cl)cnn1C. The number of hydrogen-bond donors (Lipinski definition) is 0. The van der Waals surface area contributed by atoms with Gasteiger partial charge in [0.05, 0.1) is 16.9 Å². The quantitative estimate of drug-likeness (QED) is 0.696. The van der Waals surface area contributed by atoms with E-state index in [1.165, 1.54) is 0 Å². The van der Waals surface area contributed by atoms with Crippen molar-refractivity contribution in [3.05, 3.63) is 16.9 Å². The Morgan fingerprint density at radius 1 is 1.67 bits per heavy atom. The van der Waals surface area contributed by atoms with Gasteiger partial charge in [0.1, 0.15) is 0 Å². The second kappa shape index (κ2) is 4.15. The molecule has 1 aromatic heterocycles. The van der Waals surface area contributed by atoms with Crippen LogP contribution in [0.5, 0.6) is 0 Å². The number of hydrogen-bond acceptors (Lipinski definition) is 1. The van der Waals surface area contributed by atoms with E-state index >= 15 is 0 Å². The van der Waals surface area contributed by atoms with E-state index < -0.39 is 0 Å². The van der Waals surface area contributed by atoms with E-state index in [1.807, 2.05) is 14.0 Å². The molecule has 0 saturated heterocycles. The molecule has 1 unspecified atom stereocenters. The summed E-state index contributed by atoms with van der Waals surface area (Å²) in [6.45, 7) is 1.98. The first kappa shape index (κ1) is 9.87. The van der Waals surface area contributed by atoms with Gasteiger partial charge in [-0.3, -0.25) is 4.68 Å². The highest BCUT2D eigenvalue weighted by Gasteiger charge is 2.06. The van der Waals surface area contributed by atoms with Crippen LogP contribution in [0.4, 0.5) is 0 Å². The molecule has 0 saturated carbocycles. The summed E-state index contributed by atoms with van der Waals surface area (Å²) in [5, 5.41) is 4.96. The molecule has 0 aromatic carbocycles. The maximum atomic E-state index is 5.90. The van der Waals surface area contributed by atoms with Gasteiger partial charge in [0.25, 0.3) is 0 Å². The van der Waals surface area contributed by atoms with Crippen LogP contribution in [0.15, 0.2) is 6.20 Å². The Hall–Kier alpha value is -0.210. The largest absolute Gasteiger partial charge is 0.271 e. The molecule has 0 fully saturated rings. The number of nitrogens with zero attached hydrogens (tertiary/aromatic N) is 2. The van der Waals surface area contributed by atoms with E-state index in [-0.39, 0.29) is 5.38 Å². The van der Waals surface area contributed by atoms with E-state index in [9.17, 15) is 0 Å². The van der Waals surface area contributed by atoms with Gasteiger partial charge in [-0.25, -0.2) is 0 Å². The molecule has 1 aromatic rings. The third-order valence-electron chi connectivity index (χ3n) is 1.79. The minimum absolute atomic E-state index is 0.191. The van der Waals surface area contributed by atoms with Crippen molar-refractivity contribution in [3.63, 3.8) is 0 Å². The minimum atomic E-state index is 0.191. The van der Waals surface area contributed by atoms with Crippen LogP contribution in [0.3, 0.4) is 0 Å². The second-order valence-electron chi connectivity index (χ2n) is 2.88. The zero-order valence-electron chi connectivity index (χ0n) is 7.22. The average molecular weight is 207 g/mol. The molecule has 0 aliphatic heterocycles. The summed E-state index contributed by atoms with van der Waals surface area (Å²) in [6.07, 6.45) is 3.48. The Balaban J connectivity index is 2.62. The van der Waals surface area contributed by atoms with Gasteiger partial charge in [-0.1, -0.05) is 11.6 Å². The second-order valence-corrected chi connectivity index (χ2v) is 4.03. The lowest BCUT2D eigenvalue weighted by Crippen LogP contribution is -2.01. The predicted molar refractivity (Wildman–Crippen MR) is 51.9 cm³/mol. The van der Waals surface area contributed by atoms with Crippen molar-refractivity contribution in [2.45, 2.75) is 25.1 Å². The van der Waals surface area contributed by atoms with Crippen molar-refractivity contribution >= 4 is 23.2 Å². The van der Waals surface area contributed by atoms with E-state index in [0.29, 0.717) is 0 Å². The Bertz CT molecular complexity index is 236. The monoisotopic (exact) mass is 206 g/mol. The smallest absolute Gasteiger partial charge is 0.0817 e. The summed E-state index contributed by atoms with van der Waals surface area (Å²) in [6, 6.07) is 0. The Morgan fingerprint density at radius 3 is 2.75 bits per heavy atom. The van der Waals surface area contributed by atoms with Crippen LogP contribution in [-0.2, 0) is 13.5 Å². The van der Waals surface area contributed by atoms with Gasteiger partial charge >= 0.3 is 0 Å². The first-order valence-corrected chi connectivity index (χ1v) is 4.73. The molecule has 12 heavy (non-hydrogen) atoms. The number of halogens is 2. The third-order valence-corrected chi connectivity index (χ3v) is 2.32. The predicted octanol–water partition coefficient (Wildman–Crippen LogP) is 2.63. The molecule has 0 amide bonds. The van der Waals surface area contributed by atoms with E-state index in [2.05, 4.69) is 5.10 Å². The summed E-state index contributed by atoms with van der Waals surface area (Å²) in [7, 11) is 1.89. The van der Waals surface area contributed by atoms with Crippen LogP contribution in [-0.4, -0.2) is 15.2 Å². The highest BCUT2D eigenvalue weighted by Crippen LogP contribution is 2.17. The van der Waals surface area contributed by atoms with E-state index in [0.717, 1.165) is 23.6 Å². The van der Waals surface area contributed by atoms with Crippen LogP contribution in [0.2, 0.25) is 5.02 Å².